The summed E-state index contributed by atoms with van der Waals surface area (Å²) in [4.78, 5) is 10.4. The van der Waals surface area contributed by atoms with Gasteiger partial charge in [-0.3, -0.25) is 4.79 Å². The van der Waals surface area contributed by atoms with Gasteiger partial charge in [0.25, 0.3) is 0 Å². The Kier molecular flexibility index (Phi) is 2.14. The van der Waals surface area contributed by atoms with Crippen molar-refractivity contribution in [1.29, 1.82) is 0 Å². The van der Waals surface area contributed by atoms with Gasteiger partial charge in [0.05, 0.1) is 0 Å². The lowest BCUT2D eigenvalue weighted by molar-refractivity contribution is 0.111. The molecule has 2 rings (SSSR count). The van der Waals surface area contributed by atoms with E-state index in [0.29, 0.717) is 17.7 Å². The number of hydrogen-bond donors (Lipinski definition) is 0. The summed E-state index contributed by atoms with van der Waals surface area (Å²) in [6.07, 6.45) is 0.672. The molecular formula is C11H9NO2. The summed E-state index contributed by atoms with van der Waals surface area (Å²) in [5.41, 5.74) is 2.39. The molecule has 2 aromatic rings. The fourth-order valence-electron chi connectivity index (χ4n) is 1.32. The Morgan fingerprint density at radius 1 is 1.36 bits per heavy atom. The van der Waals surface area contributed by atoms with Crippen molar-refractivity contribution >= 4 is 6.29 Å². The van der Waals surface area contributed by atoms with Crippen LogP contribution >= 0.6 is 0 Å². The van der Waals surface area contributed by atoms with Crippen LogP contribution in [0, 0.1) is 6.92 Å². The highest BCUT2D eigenvalue weighted by Gasteiger charge is 2.07. The van der Waals surface area contributed by atoms with E-state index in [0.717, 1.165) is 11.1 Å². The van der Waals surface area contributed by atoms with E-state index in [1.807, 2.05) is 31.2 Å². The Bertz CT molecular complexity index is 460. The molecule has 1 aromatic carbocycles. The van der Waals surface area contributed by atoms with Gasteiger partial charge in [-0.25, -0.2) is 0 Å². The number of rotatable bonds is 2. The van der Waals surface area contributed by atoms with Crippen LogP contribution in [0.4, 0.5) is 0 Å². The van der Waals surface area contributed by atoms with E-state index < -0.39 is 0 Å². The summed E-state index contributed by atoms with van der Waals surface area (Å²) in [5, 5.41) is 3.61. The van der Waals surface area contributed by atoms with E-state index >= 15 is 0 Å². The second kappa shape index (κ2) is 3.46. The zero-order valence-corrected chi connectivity index (χ0v) is 7.73. The van der Waals surface area contributed by atoms with Crippen molar-refractivity contribution < 1.29 is 9.32 Å². The van der Waals surface area contributed by atoms with Crippen LogP contribution in [0.5, 0.6) is 0 Å². The summed E-state index contributed by atoms with van der Waals surface area (Å²) in [7, 11) is 0. The summed E-state index contributed by atoms with van der Waals surface area (Å²) in [6.45, 7) is 1.98. The highest BCUT2D eigenvalue weighted by molar-refractivity contribution is 5.75. The minimum atomic E-state index is 0.322. The van der Waals surface area contributed by atoms with E-state index in [4.69, 9.17) is 4.52 Å². The molecule has 0 fully saturated rings. The molecule has 0 unspecified atom stereocenters. The maximum absolute atomic E-state index is 10.4. The molecule has 0 saturated heterocycles. The summed E-state index contributed by atoms with van der Waals surface area (Å²) in [6, 6.07) is 9.43. The van der Waals surface area contributed by atoms with Crippen LogP contribution in [0.2, 0.25) is 0 Å². The minimum Gasteiger partial charge on any atom is -0.356 e. The molecule has 0 bridgehead atoms. The Hall–Kier alpha value is -1.90. The first-order valence-corrected chi connectivity index (χ1v) is 4.29. The number of carbonyl (C=O) groups excluding carboxylic acids is 1. The number of carbonyl (C=O) groups is 1. The molecule has 0 spiro atoms. The van der Waals surface area contributed by atoms with Crippen LogP contribution in [-0.2, 0) is 0 Å². The van der Waals surface area contributed by atoms with E-state index in [2.05, 4.69) is 5.16 Å². The molecule has 0 atom stereocenters. The van der Waals surface area contributed by atoms with Gasteiger partial charge in [0.15, 0.2) is 12.0 Å². The second-order valence-electron chi connectivity index (χ2n) is 3.05. The van der Waals surface area contributed by atoms with Crippen LogP contribution in [-0.4, -0.2) is 11.4 Å². The fraction of sp³-hybridized carbons (Fsp3) is 0.0909. The number of benzene rings is 1. The van der Waals surface area contributed by atoms with E-state index in [1.165, 1.54) is 0 Å². The van der Waals surface area contributed by atoms with Crippen LogP contribution in [0.1, 0.15) is 16.1 Å². The van der Waals surface area contributed by atoms with Gasteiger partial charge in [0.2, 0.25) is 0 Å². The predicted octanol–water partition coefficient (Wildman–Crippen LogP) is 2.46. The predicted molar refractivity (Wildman–Crippen MR) is 52.1 cm³/mol. The van der Waals surface area contributed by atoms with Gasteiger partial charge in [-0.2, -0.15) is 0 Å². The molecule has 0 aliphatic heterocycles. The highest BCUT2D eigenvalue weighted by Crippen LogP contribution is 2.22. The normalized spacial score (nSPS) is 10.1. The standard InChI is InChI=1S/C11H9NO2/c1-8-4-2-3-5-10(8)11-6-9(7-13)12-14-11/h2-7H,1H3. The topological polar surface area (TPSA) is 43.1 Å². The Labute approximate surface area is 81.3 Å². The molecule has 14 heavy (non-hydrogen) atoms. The lowest BCUT2D eigenvalue weighted by atomic mass is 10.1. The average Bonchev–Trinajstić information content (AvgIpc) is 2.67. The second-order valence-corrected chi connectivity index (χ2v) is 3.05. The van der Waals surface area contributed by atoms with Gasteiger partial charge in [-0.1, -0.05) is 29.4 Å². The van der Waals surface area contributed by atoms with Gasteiger partial charge >= 0.3 is 0 Å². The third kappa shape index (κ3) is 1.44. The highest BCUT2D eigenvalue weighted by atomic mass is 16.5. The van der Waals surface area contributed by atoms with Gasteiger partial charge in [0.1, 0.15) is 5.69 Å². The molecule has 1 heterocycles. The first-order chi connectivity index (χ1) is 6.81. The first-order valence-electron chi connectivity index (χ1n) is 4.29. The van der Waals surface area contributed by atoms with Crippen molar-refractivity contribution in [3.63, 3.8) is 0 Å². The van der Waals surface area contributed by atoms with Gasteiger partial charge < -0.3 is 4.52 Å². The molecule has 3 heteroatoms. The summed E-state index contributed by atoms with van der Waals surface area (Å²) in [5.74, 6) is 0.630. The maximum Gasteiger partial charge on any atom is 0.171 e. The van der Waals surface area contributed by atoms with Gasteiger partial charge in [-0.15, -0.1) is 0 Å². The van der Waals surface area contributed by atoms with Crippen molar-refractivity contribution in [3.05, 3.63) is 41.6 Å². The van der Waals surface area contributed by atoms with Crippen LogP contribution in [0.25, 0.3) is 11.3 Å². The third-order valence-electron chi connectivity index (χ3n) is 2.06. The lowest BCUT2D eigenvalue weighted by Gasteiger charge is -1.98. The summed E-state index contributed by atoms with van der Waals surface area (Å²) >= 11 is 0. The number of nitrogens with zero attached hydrogens (tertiary/aromatic N) is 1. The zero-order chi connectivity index (χ0) is 9.97. The SMILES string of the molecule is Cc1ccccc1-c1cc(C=O)no1. The molecule has 0 aliphatic carbocycles. The number of aromatic nitrogens is 1. The van der Waals surface area contributed by atoms with Crippen LogP contribution in [0.15, 0.2) is 34.9 Å². The zero-order valence-electron chi connectivity index (χ0n) is 7.73. The third-order valence-corrected chi connectivity index (χ3v) is 2.06. The monoisotopic (exact) mass is 187 g/mol. The van der Waals surface area contributed by atoms with Crippen molar-refractivity contribution in [3.8, 4) is 11.3 Å². The van der Waals surface area contributed by atoms with Gasteiger partial charge in [0, 0.05) is 11.6 Å². The molecular weight excluding hydrogens is 178 g/mol. The number of aryl methyl sites for hydroxylation is 1. The molecule has 0 saturated carbocycles. The van der Waals surface area contributed by atoms with Crippen LogP contribution < -0.4 is 0 Å². The fourth-order valence-corrected chi connectivity index (χ4v) is 1.32. The molecule has 0 aliphatic rings. The molecule has 0 radical (unpaired) electrons. The van der Waals surface area contributed by atoms with Crippen molar-refractivity contribution in [2.75, 3.05) is 0 Å². The van der Waals surface area contributed by atoms with Crippen molar-refractivity contribution in [1.82, 2.24) is 5.16 Å². The summed E-state index contributed by atoms with van der Waals surface area (Å²) < 4.78 is 5.04. The van der Waals surface area contributed by atoms with E-state index in [9.17, 15) is 4.79 Å². The average molecular weight is 187 g/mol. The minimum absolute atomic E-state index is 0.322. The smallest absolute Gasteiger partial charge is 0.171 e. The van der Waals surface area contributed by atoms with Crippen molar-refractivity contribution in [2.45, 2.75) is 6.92 Å². The molecule has 3 nitrogen and oxygen atoms in total. The lowest BCUT2D eigenvalue weighted by Crippen LogP contribution is -1.78. The number of aldehydes is 1. The van der Waals surface area contributed by atoms with Crippen LogP contribution in [0.3, 0.4) is 0 Å². The Morgan fingerprint density at radius 3 is 2.79 bits per heavy atom. The molecule has 0 amide bonds. The first kappa shape index (κ1) is 8.69. The van der Waals surface area contributed by atoms with Crippen molar-refractivity contribution in [2.24, 2.45) is 0 Å². The van der Waals surface area contributed by atoms with E-state index in [1.54, 1.807) is 6.07 Å². The van der Waals surface area contributed by atoms with Gasteiger partial charge in [-0.05, 0) is 12.5 Å². The number of hydrogen-bond acceptors (Lipinski definition) is 3. The quantitative estimate of drug-likeness (QED) is 0.678. The molecule has 70 valence electrons. The van der Waals surface area contributed by atoms with E-state index in [-0.39, 0.29) is 0 Å². The molecule has 1 aromatic heterocycles. The molecule has 0 N–H and O–H groups in total. The maximum atomic E-state index is 10.4. The Balaban J connectivity index is 2.49. The largest absolute Gasteiger partial charge is 0.356 e. The Morgan fingerprint density at radius 2 is 2.14 bits per heavy atom.